The third-order valence-electron chi connectivity index (χ3n) is 3.38. The van der Waals surface area contributed by atoms with Crippen molar-refractivity contribution in [2.45, 2.75) is 57.9 Å². The van der Waals surface area contributed by atoms with Gasteiger partial charge < -0.3 is 10.5 Å². The van der Waals surface area contributed by atoms with Crippen LogP contribution in [-0.4, -0.2) is 18.8 Å². The summed E-state index contributed by atoms with van der Waals surface area (Å²) in [6, 6.07) is 2.30. The summed E-state index contributed by atoms with van der Waals surface area (Å²) in [7, 11) is 0. The van der Waals surface area contributed by atoms with E-state index in [-0.39, 0.29) is 11.0 Å². The lowest BCUT2D eigenvalue weighted by Crippen LogP contribution is -2.41. The first kappa shape index (κ1) is 13.5. The van der Waals surface area contributed by atoms with E-state index in [0.717, 1.165) is 32.3 Å². The Kier molecular flexibility index (Phi) is 4.76. The number of ether oxygens (including phenoxy) is 1. The van der Waals surface area contributed by atoms with Crippen LogP contribution in [0.5, 0.6) is 0 Å². The van der Waals surface area contributed by atoms with E-state index in [0.29, 0.717) is 6.61 Å². The van der Waals surface area contributed by atoms with Crippen molar-refractivity contribution in [3.8, 4) is 6.07 Å². The normalized spacial score (nSPS) is 19.6. The van der Waals surface area contributed by atoms with Gasteiger partial charge in [0.15, 0.2) is 0 Å². The van der Waals surface area contributed by atoms with E-state index in [2.05, 4.69) is 6.07 Å². The van der Waals surface area contributed by atoms with Crippen LogP contribution in [0, 0.1) is 16.7 Å². The zero-order valence-corrected chi connectivity index (χ0v) is 10.6. The summed E-state index contributed by atoms with van der Waals surface area (Å²) in [6.07, 6.45) is 6.49. The lowest BCUT2D eigenvalue weighted by Gasteiger charge is -2.23. The number of nitrogens with zero attached hydrogens (tertiary/aromatic N) is 1. The minimum atomic E-state index is -0.225. The molecule has 0 atom stereocenters. The lowest BCUT2D eigenvalue weighted by molar-refractivity contribution is 0.0808. The molecule has 1 fully saturated rings. The molecular weight excluding hydrogens is 200 g/mol. The predicted octanol–water partition coefficient (Wildman–Crippen LogP) is 2.60. The molecule has 0 spiro atoms. The van der Waals surface area contributed by atoms with Gasteiger partial charge in [0.1, 0.15) is 0 Å². The maximum atomic E-state index is 8.85. The van der Waals surface area contributed by atoms with Crippen LogP contribution in [0.15, 0.2) is 0 Å². The maximum absolute atomic E-state index is 8.85. The van der Waals surface area contributed by atoms with Crippen molar-refractivity contribution in [1.29, 1.82) is 5.26 Å². The van der Waals surface area contributed by atoms with Gasteiger partial charge in [-0.2, -0.15) is 5.26 Å². The number of nitrogens with two attached hydrogens (primary N) is 1. The first-order valence-corrected chi connectivity index (χ1v) is 6.25. The summed E-state index contributed by atoms with van der Waals surface area (Å²) in [5.41, 5.74) is 5.89. The van der Waals surface area contributed by atoms with Crippen LogP contribution >= 0.6 is 0 Å². The summed E-state index contributed by atoms with van der Waals surface area (Å²) in [5.74, 6) is 0. The standard InChI is InChI=1S/C13H24N2O/c1-12(2,10-14)6-5-9-16-11-13(15)7-3-4-8-13/h3-9,11,15H2,1-2H3. The molecule has 0 aromatic carbocycles. The lowest BCUT2D eigenvalue weighted by atomic mass is 9.90. The van der Waals surface area contributed by atoms with Crippen LogP contribution in [0.1, 0.15) is 52.4 Å². The van der Waals surface area contributed by atoms with Crippen LogP contribution in [0.3, 0.4) is 0 Å². The maximum Gasteiger partial charge on any atom is 0.0683 e. The quantitative estimate of drug-likeness (QED) is 0.705. The Bertz CT molecular complexity index is 249. The molecule has 16 heavy (non-hydrogen) atoms. The SMILES string of the molecule is CC(C)(C#N)CCCOCC1(N)CCCC1. The molecule has 2 N–H and O–H groups in total. The van der Waals surface area contributed by atoms with Gasteiger partial charge in [-0.15, -0.1) is 0 Å². The van der Waals surface area contributed by atoms with Crippen molar-refractivity contribution in [1.82, 2.24) is 0 Å². The molecule has 0 amide bonds. The van der Waals surface area contributed by atoms with Gasteiger partial charge in [-0.3, -0.25) is 0 Å². The van der Waals surface area contributed by atoms with Crippen molar-refractivity contribution in [3.05, 3.63) is 0 Å². The van der Waals surface area contributed by atoms with E-state index >= 15 is 0 Å². The first-order chi connectivity index (χ1) is 7.47. The van der Waals surface area contributed by atoms with Gasteiger partial charge in [-0.05, 0) is 39.5 Å². The van der Waals surface area contributed by atoms with Crippen molar-refractivity contribution in [2.75, 3.05) is 13.2 Å². The van der Waals surface area contributed by atoms with Gasteiger partial charge in [0, 0.05) is 12.1 Å². The molecule has 1 saturated carbocycles. The van der Waals surface area contributed by atoms with Crippen LogP contribution in [0.2, 0.25) is 0 Å². The van der Waals surface area contributed by atoms with Crippen LogP contribution < -0.4 is 5.73 Å². The molecule has 0 aromatic heterocycles. The number of hydrogen-bond acceptors (Lipinski definition) is 3. The first-order valence-electron chi connectivity index (χ1n) is 6.25. The Morgan fingerprint density at radius 2 is 2.00 bits per heavy atom. The number of hydrogen-bond donors (Lipinski definition) is 1. The summed E-state index contributed by atoms with van der Waals surface area (Å²) < 4.78 is 5.63. The van der Waals surface area contributed by atoms with E-state index in [1.165, 1.54) is 12.8 Å². The zero-order chi connectivity index (χ0) is 12.1. The molecule has 0 aliphatic heterocycles. The Morgan fingerprint density at radius 3 is 2.56 bits per heavy atom. The highest BCUT2D eigenvalue weighted by Gasteiger charge is 2.29. The fourth-order valence-electron chi connectivity index (χ4n) is 2.17. The second-order valence-electron chi connectivity index (χ2n) is 5.72. The molecule has 0 radical (unpaired) electrons. The average molecular weight is 224 g/mol. The number of nitriles is 1. The molecule has 1 aliphatic carbocycles. The highest BCUT2D eigenvalue weighted by molar-refractivity contribution is 4.91. The largest absolute Gasteiger partial charge is 0.380 e. The van der Waals surface area contributed by atoms with E-state index in [4.69, 9.17) is 15.7 Å². The minimum Gasteiger partial charge on any atom is -0.380 e. The highest BCUT2D eigenvalue weighted by Crippen LogP contribution is 2.27. The molecule has 3 heteroatoms. The predicted molar refractivity (Wildman–Crippen MR) is 64.8 cm³/mol. The van der Waals surface area contributed by atoms with Crippen molar-refractivity contribution >= 4 is 0 Å². The minimum absolute atomic E-state index is 0.0647. The van der Waals surface area contributed by atoms with E-state index < -0.39 is 0 Å². The molecule has 0 heterocycles. The fourth-order valence-corrected chi connectivity index (χ4v) is 2.17. The van der Waals surface area contributed by atoms with E-state index in [1.54, 1.807) is 0 Å². The molecule has 0 unspecified atom stereocenters. The van der Waals surface area contributed by atoms with Gasteiger partial charge in [0.25, 0.3) is 0 Å². The van der Waals surface area contributed by atoms with Gasteiger partial charge >= 0.3 is 0 Å². The molecule has 0 saturated heterocycles. The van der Waals surface area contributed by atoms with Crippen LogP contribution in [0.25, 0.3) is 0 Å². The Balaban J connectivity index is 2.06. The van der Waals surface area contributed by atoms with Crippen molar-refractivity contribution < 1.29 is 4.74 Å². The van der Waals surface area contributed by atoms with Gasteiger partial charge in [0.05, 0.1) is 18.1 Å². The van der Waals surface area contributed by atoms with Crippen molar-refractivity contribution in [3.63, 3.8) is 0 Å². The van der Waals surface area contributed by atoms with E-state index in [1.807, 2.05) is 13.8 Å². The van der Waals surface area contributed by atoms with Gasteiger partial charge in [-0.25, -0.2) is 0 Å². The average Bonchev–Trinajstić information content (AvgIpc) is 2.65. The molecule has 0 bridgehead atoms. The summed E-state index contributed by atoms with van der Waals surface area (Å²) in [6.45, 7) is 5.34. The highest BCUT2D eigenvalue weighted by atomic mass is 16.5. The Hall–Kier alpha value is -0.590. The second kappa shape index (κ2) is 5.65. The molecule has 1 aliphatic rings. The Labute approximate surface area is 99.0 Å². The van der Waals surface area contributed by atoms with E-state index in [9.17, 15) is 0 Å². The molecule has 1 rings (SSSR count). The topological polar surface area (TPSA) is 59.0 Å². The molecular formula is C13H24N2O. The second-order valence-corrected chi connectivity index (χ2v) is 5.72. The third-order valence-corrected chi connectivity index (χ3v) is 3.38. The number of rotatable bonds is 6. The monoisotopic (exact) mass is 224 g/mol. The molecule has 3 nitrogen and oxygen atoms in total. The summed E-state index contributed by atoms with van der Waals surface area (Å²) >= 11 is 0. The Morgan fingerprint density at radius 1 is 1.38 bits per heavy atom. The van der Waals surface area contributed by atoms with Crippen molar-refractivity contribution in [2.24, 2.45) is 11.1 Å². The zero-order valence-electron chi connectivity index (χ0n) is 10.6. The smallest absolute Gasteiger partial charge is 0.0683 e. The molecule has 92 valence electrons. The summed E-state index contributed by atoms with van der Waals surface area (Å²) in [5, 5.41) is 8.85. The van der Waals surface area contributed by atoms with Gasteiger partial charge in [0.2, 0.25) is 0 Å². The van der Waals surface area contributed by atoms with Gasteiger partial charge in [-0.1, -0.05) is 12.8 Å². The molecule has 0 aromatic rings. The van der Waals surface area contributed by atoms with Crippen LogP contribution in [-0.2, 0) is 4.74 Å². The third kappa shape index (κ3) is 4.51. The fraction of sp³-hybridized carbons (Fsp3) is 0.923. The van der Waals surface area contributed by atoms with Crippen LogP contribution in [0.4, 0.5) is 0 Å². The summed E-state index contributed by atoms with van der Waals surface area (Å²) in [4.78, 5) is 0.